The van der Waals surface area contributed by atoms with Crippen LogP contribution in [-0.2, 0) is 14.4 Å². The fourth-order valence-electron chi connectivity index (χ4n) is 6.07. The van der Waals surface area contributed by atoms with Crippen LogP contribution < -0.4 is 10.6 Å². The summed E-state index contributed by atoms with van der Waals surface area (Å²) in [5, 5.41) is 16.2. The number of thioether (sulfide) groups is 1. The Balaban J connectivity index is 1.67. The van der Waals surface area contributed by atoms with Crippen molar-refractivity contribution >= 4 is 35.2 Å². The number of amides is 3. The number of benzene rings is 1. The number of hydrogen-bond donors (Lipinski definition) is 3. The first-order valence-corrected chi connectivity index (χ1v) is 13.0. The molecule has 4 rings (SSSR count). The maximum absolute atomic E-state index is 13.9. The molecule has 3 amide bonds. The number of aliphatic hydroxyl groups excluding tert-OH is 1. The molecular weight excluding hydrogens is 438 g/mol. The molecule has 8 heteroatoms. The molecule has 1 aromatic carbocycles. The van der Waals surface area contributed by atoms with Crippen LogP contribution in [0.5, 0.6) is 0 Å². The zero-order valence-electron chi connectivity index (χ0n) is 19.6. The van der Waals surface area contributed by atoms with Crippen molar-refractivity contribution in [1.29, 1.82) is 0 Å². The number of nitrogens with zero attached hydrogens (tertiary/aromatic N) is 1. The van der Waals surface area contributed by atoms with E-state index in [1.54, 1.807) is 16.7 Å². The first-order valence-electron chi connectivity index (χ1n) is 12.1. The molecule has 0 aliphatic carbocycles. The molecule has 3 fully saturated rings. The van der Waals surface area contributed by atoms with Crippen molar-refractivity contribution in [2.45, 2.75) is 81.0 Å². The standard InChI is InChI=1S/C25H35N3O4S/c1-4-9-15(3)26-23(31)21-25-13-12-18(33-25)19(22(30)27-16-10-7-6-8-11-16)20(25)24(32)28(21)17(5-2)14-29/h6-8,10-11,15,17-21,29H,4-5,9,12-14H2,1-3H3,(H,26,31)(H,27,30)/t15?,17-,18-,19+,20-,21?,25?/m0/s1. The minimum atomic E-state index is -0.670. The molecule has 3 N–H and O–H groups in total. The molecule has 0 radical (unpaired) electrons. The van der Waals surface area contributed by atoms with E-state index >= 15 is 0 Å². The summed E-state index contributed by atoms with van der Waals surface area (Å²) in [5.74, 6) is -1.52. The predicted octanol–water partition coefficient (Wildman–Crippen LogP) is 2.79. The molecule has 180 valence electrons. The molecule has 3 aliphatic heterocycles. The molecule has 3 heterocycles. The third kappa shape index (κ3) is 4.05. The van der Waals surface area contributed by atoms with Gasteiger partial charge in [0, 0.05) is 17.0 Å². The van der Waals surface area contributed by atoms with Gasteiger partial charge >= 0.3 is 0 Å². The third-order valence-corrected chi connectivity index (χ3v) is 9.47. The minimum absolute atomic E-state index is 0.00452. The molecule has 33 heavy (non-hydrogen) atoms. The van der Waals surface area contributed by atoms with Gasteiger partial charge < -0.3 is 20.6 Å². The number of carbonyl (C=O) groups excluding carboxylic acids is 3. The van der Waals surface area contributed by atoms with Crippen LogP contribution in [0.25, 0.3) is 0 Å². The SMILES string of the molecule is CCCC(C)NC(=O)C1N([C@@H](CC)CO)C(=O)[C@@H]2[C@H](C(=O)Nc3ccccc3)[C@@H]3CCC12S3. The Bertz CT molecular complexity index is 893. The van der Waals surface area contributed by atoms with Crippen LogP contribution in [0.2, 0.25) is 0 Å². The highest BCUT2D eigenvalue weighted by atomic mass is 32.2. The van der Waals surface area contributed by atoms with E-state index in [9.17, 15) is 19.5 Å². The molecule has 3 aliphatic rings. The highest BCUT2D eigenvalue weighted by Gasteiger charge is 2.74. The summed E-state index contributed by atoms with van der Waals surface area (Å²) in [6, 6.07) is 8.18. The zero-order chi connectivity index (χ0) is 23.8. The molecule has 7 atom stereocenters. The van der Waals surface area contributed by atoms with Crippen LogP contribution in [0.15, 0.2) is 30.3 Å². The van der Waals surface area contributed by atoms with Crippen molar-refractivity contribution in [2.24, 2.45) is 11.8 Å². The Labute approximate surface area is 200 Å². The van der Waals surface area contributed by atoms with Gasteiger partial charge in [-0.25, -0.2) is 0 Å². The minimum Gasteiger partial charge on any atom is -0.394 e. The Hall–Kier alpha value is -2.06. The summed E-state index contributed by atoms with van der Waals surface area (Å²) in [6.07, 6.45) is 3.90. The summed E-state index contributed by atoms with van der Waals surface area (Å²) >= 11 is 1.65. The van der Waals surface area contributed by atoms with Crippen LogP contribution in [0.3, 0.4) is 0 Å². The molecule has 3 unspecified atom stereocenters. The van der Waals surface area contributed by atoms with E-state index < -0.39 is 28.7 Å². The van der Waals surface area contributed by atoms with Gasteiger partial charge in [0.2, 0.25) is 17.7 Å². The van der Waals surface area contributed by atoms with Gasteiger partial charge in [0.25, 0.3) is 0 Å². The number of likely N-dealkylation sites (tertiary alicyclic amines) is 1. The lowest BCUT2D eigenvalue weighted by molar-refractivity contribution is -0.142. The smallest absolute Gasteiger partial charge is 0.244 e. The lowest BCUT2D eigenvalue weighted by atomic mass is 9.70. The lowest BCUT2D eigenvalue weighted by Gasteiger charge is -2.37. The van der Waals surface area contributed by atoms with Gasteiger partial charge in [-0.1, -0.05) is 38.5 Å². The quantitative estimate of drug-likeness (QED) is 0.512. The van der Waals surface area contributed by atoms with E-state index in [-0.39, 0.29) is 35.6 Å². The number of para-hydroxylation sites is 1. The molecule has 0 aromatic heterocycles. The van der Waals surface area contributed by atoms with E-state index in [1.807, 2.05) is 44.2 Å². The lowest BCUT2D eigenvalue weighted by Crippen LogP contribution is -2.57. The molecular formula is C25H35N3O4S. The maximum atomic E-state index is 13.9. The first-order chi connectivity index (χ1) is 15.9. The van der Waals surface area contributed by atoms with Crippen molar-refractivity contribution in [3.63, 3.8) is 0 Å². The third-order valence-electron chi connectivity index (χ3n) is 7.52. The van der Waals surface area contributed by atoms with Crippen LogP contribution in [0.1, 0.15) is 52.9 Å². The van der Waals surface area contributed by atoms with Crippen LogP contribution in [0.4, 0.5) is 5.69 Å². The van der Waals surface area contributed by atoms with Crippen LogP contribution >= 0.6 is 11.8 Å². The van der Waals surface area contributed by atoms with E-state index in [0.717, 1.165) is 25.7 Å². The number of hydrogen-bond acceptors (Lipinski definition) is 5. The van der Waals surface area contributed by atoms with E-state index in [2.05, 4.69) is 17.6 Å². The molecule has 3 saturated heterocycles. The number of fused-ring (bicyclic) bond motifs is 1. The van der Waals surface area contributed by atoms with E-state index in [1.165, 1.54) is 0 Å². The number of anilines is 1. The van der Waals surface area contributed by atoms with Crippen molar-refractivity contribution < 1.29 is 19.5 Å². The summed E-state index contributed by atoms with van der Waals surface area (Å²) < 4.78 is -0.626. The molecule has 1 spiro atoms. The van der Waals surface area contributed by atoms with E-state index in [0.29, 0.717) is 12.1 Å². The summed E-state index contributed by atoms with van der Waals surface area (Å²) in [6.45, 7) is 5.77. The second kappa shape index (κ2) is 9.66. The molecule has 0 saturated carbocycles. The molecule has 7 nitrogen and oxygen atoms in total. The van der Waals surface area contributed by atoms with Crippen molar-refractivity contribution in [3.05, 3.63) is 30.3 Å². The Kier molecular flexibility index (Phi) is 7.05. The summed E-state index contributed by atoms with van der Waals surface area (Å²) in [7, 11) is 0. The first kappa shape index (κ1) is 24.1. The number of carbonyl (C=O) groups is 3. The monoisotopic (exact) mass is 473 g/mol. The highest BCUT2D eigenvalue weighted by Crippen LogP contribution is 2.66. The largest absolute Gasteiger partial charge is 0.394 e. The number of nitrogens with one attached hydrogen (secondary N) is 2. The molecule has 1 aromatic rings. The van der Waals surface area contributed by atoms with Crippen LogP contribution in [-0.4, -0.2) is 62.5 Å². The van der Waals surface area contributed by atoms with Gasteiger partial charge in [0.15, 0.2) is 0 Å². The van der Waals surface area contributed by atoms with Crippen molar-refractivity contribution in [1.82, 2.24) is 10.2 Å². The van der Waals surface area contributed by atoms with Gasteiger partial charge in [-0.15, -0.1) is 11.8 Å². The van der Waals surface area contributed by atoms with Crippen molar-refractivity contribution in [3.8, 4) is 0 Å². The van der Waals surface area contributed by atoms with Gasteiger partial charge in [-0.05, 0) is 44.7 Å². The van der Waals surface area contributed by atoms with Crippen LogP contribution in [0, 0.1) is 11.8 Å². The van der Waals surface area contributed by atoms with Gasteiger partial charge in [-0.2, -0.15) is 0 Å². The second-order valence-corrected chi connectivity index (χ2v) is 11.2. The van der Waals surface area contributed by atoms with Crippen molar-refractivity contribution in [2.75, 3.05) is 11.9 Å². The molecule has 2 bridgehead atoms. The Morgan fingerprint density at radius 3 is 2.61 bits per heavy atom. The van der Waals surface area contributed by atoms with Gasteiger partial charge in [0.1, 0.15) is 6.04 Å². The average Bonchev–Trinajstić information content (AvgIpc) is 3.43. The fourth-order valence-corrected chi connectivity index (χ4v) is 8.28. The average molecular weight is 474 g/mol. The zero-order valence-corrected chi connectivity index (χ0v) is 20.4. The Morgan fingerprint density at radius 2 is 1.97 bits per heavy atom. The Morgan fingerprint density at radius 1 is 1.24 bits per heavy atom. The predicted molar refractivity (Wildman–Crippen MR) is 130 cm³/mol. The topological polar surface area (TPSA) is 98.7 Å². The highest BCUT2D eigenvalue weighted by molar-refractivity contribution is 8.02. The normalized spacial score (nSPS) is 31.9. The van der Waals surface area contributed by atoms with Gasteiger partial charge in [-0.3, -0.25) is 14.4 Å². The maximum Gasteiger partial charge on any atom is 0.244 e. The number of aliphatic hydroxyl groups is 1. The summed E-state index contributed by atoms with van der Waals surface area (Å²) in [5.41, 5.74) is 0.705. The number of rotatable bonds is 9. The fraction of sp³-hybridized carbons (Fsp3) is 0.640. The van der Waals surface area contributed by atoms with Gasteiger partial charge in [0.05, 0.1) is 29.2 Å². The summed E-state index contributed by atoms with van der Waals surface area (Å²) in [4.78, 5) is 42.5. The van der Waals surface area contributed by atoms with E-state index in [4.69, 9.17) is 0 Å². The second-order valence-electron chi connectivity index (χ2n) is 9.60.